The number of hydrogen-bond acceptors (Lipinski definition) is 6. The largest absolute Gasteiger partial charge is 0.334 e. The highest BCUT2D eigenvalue weighted by molar-refractivity contribution is 7.09. The molecule has 2 aromatic rings. The van der Waals surface area contributed by atoms with Gasteiger partial charge in [0.15, 0.2) is 0 Å². The van der Waals surface area contributed by atoms with E-state index in [0.717, 1.165) is 15.4 Å². The standard InChI is InChI=1S/C19H18N4O4S/c1-3-8-22-17(25)18(26)23(19(22)27)10-14-11-28-16(21-14)9-15(24)20-13-6-4-12(2)5-7-13/h3-7,11H,1,8-10H2,2H3,(H,20,24). The molecular weight excluding hydrogens is 380 g/mol. The molecule has 5 amide bonds. The molecule has 1 saturated heterocycles. The van der Waals surface area contributed by atoms with Gasteiger partial charge in [-0.3, -0.25) is 19.3 Å². The van der Waals surface area contributed by atoms with E-state index >= 15 is 0 Å². The fourth-order valence-corrected chi connectivity index (χ4v) is 3.41. The molecule has 0 saturated carbocycles. The number of nitrogens with one attached hydrogen (secondary N) is 1. The number of carbonyl (C=O) groups is 4. The Morgan fingerprint density at radius 1 is 1.18 bits per heavy atom. The summed E-state index contributed by atoms with van der Waals surface area (Å²) in [6.07, 6.45) is 1.45. The van der Waals surface area contributed by atoms with Crippen LogP contribution in [0.3, 0.4) is 0 Å². The van der Waals surface area contributed by atoms with Crippen LogP contribution in [-0.4, -0.2) is 45.1 Å². The lowest BCUT2D eigenvalue weighted by Gasteiger charge is -2.12. The van der Waals surface area contributed by atoms with E-state index in [4.69, 9.17) is 0 Å². The van der Waals surface area contributed by atoms with Gasteiger partial charge in [-0.15, -0.1) is 17.9 Å². The molecule has 0 aliphatic carbocycles. The minimum atomic E-state index is -0.890. The van der Waals surface area contributed by atoms with Crippen LogP contribution in [0.5, 0.6) is 0 Å². The van der Waals surface area contributed by atoms with Crippen molar-refractivity contribution in [3.05, 3.63) is 58.6 Å². The third kappa shape index (κ3) is 4.15. The first kappa shape index (κ1) is 19.4. The fourth-order valence-electron chi connectivity index (χ4n) is 2.62. The van der Waals surface area contributed by atoms with Gasteiger partial charge in [0.2, 0.25) is 5.91 Å². The summed E-state index contributed by atoms with van der Waals surface area (Å²) in [6, 6.07) is 6.74. The maximum Gasteiger partial charge on any atom is 0.334 e. The zero-order valence-electron chi connectivity index (χ0n) is 15.2. The van der Waals surface area contributed by atoms with Crippen LogP contribution in [0.4, 0.5) is 10.5 Å². The minimum absolute atomic E-state index is 0.0264. The van der Waals surface area contributed by atoms with Gasteiger partial charge in [-0.05, 0) is 19.1 Å². The van der Waals surface area contributed by atoms with Gasteiger partial charge in [0.25, 0.3) is 0 Å². The summed E-state index contributed by atoms with van der Waals surface area (Å²) >= 11 is 1.25. The molecule has 0 radical (unpaired) electrons. The van der Waals surface area contributed by atoms with E-state index in [2.05, 4.69) is 16.9 Å². The number of urea groups is 1. The molecule has 1 aliphatic rings. The quantitative estimate of drug-likeness (QED) is 0.437. The average Bonchev–Trinajstić information content (AvgIpc) is 3.18. The number of aryl methyl sites for hydroxylation is 1. The van der Waals surface area contributed by atoms with Crippen LogP contribution >= 0.6 is 11.3 Å². The van der Waals surface area contributed by atoms with E-state index in [1.165, 1.54) is 17.4 Å². The number of imide groups is 2. The molecule has 1 aliphatic heterocycles. The molecule has 1 fully saturated rings. The molecule has 28 heavy (non-hydrogen) atoms. The van der Waals surface area contributed by atoms with Crippen LogP contribution in [0, 0.1) is 6.92 Å². The van der Waals surface area contributed by atoms with Crippen LogP contribution in [0.2, 0.25) is 0 Å². The molecule has 0 atom stereocenters. The van der Waals surface area contributed by atoms with Crippen molar-refractivity contribution in [1.82, 2.24) is 14.8 Å². The lowest BCUT2D eigenvalue weighted by atomic mass is 10.2. The lowest BCUT2D eigenvalue weighted by molar-refractivity contribution is -0.143. The summed E-state index contributed by atoms with van der Waals surface area (Å²) in [5.41, 5.74) is 2.23. The van der Waals surface area contributed by atoms with Gasteiger partial charge in [0.1, 0.15) is 5.01 Å². The minimum Gasteiger partial charge on any atom is -0.326 e. The molecule has 0 spiro atoms. The van der Waals surface area contributed by atoms with Crippen molar-refractivity contribution in [3.8, 4) is 0 Å². The van der Waals surface area contributed by atoms with Gasteiger partial charge in [-0.2, -0.15) is 0 Å². The molecule has 9 heteroatoms. The van der Waals surface area contributed by atoms with Gasteiger partial charge in [0.05, 0.1) is 18.7 Å². The Balaban J connectivity index is 1.61. The normalized spacial score (nSPS) is 14.0. The SMILES string of the molecule is C=CCN1C(=O)C(=O)N(Cc2csc(CC(=O)Nc3ccc(C)cc3)n2)C1=O. The predicted octanol–water partition coefficient (Wildman–Crippen LogP) is 2.11. The van der Waals surface area contributed by atoms with E-state index in [-0.39, 0.29) is 25.4 Å². The maximum atomic E-state index is 12.2. The van der Waals surface area contributed by atoms with E-state index in [9.17, 15) is 19.2 Å². The third-order valence-electron chi connectivity index (χ3n) is 4.01. The zero-order chi connectivity index (χ0) is 20.3. The molecule has 1 aromatic carbocycles. The van der Waals surface area contributed by atoms with E-state index < -0.39 is 17.8 Å². The van der Waals surface area contributed by atoms with Crippen LogP contribution in [0.25, 0.3) is 0 Å². The number of nitrogens with zero attached hydrogens (tertiary/aromatic N) is 3. The molecule has 0 unspecified atom stereocenters. The smallest absolute Gasteiger partial charge is 0.326 e. The first-order valence-electron chi connectivity index (χ1n) is 8.47. The van der Waals surface area contributed by atoms with Crippen molar-refractivity contribution >= 4 is 40.8 Å². The number of carbonyl (C=O) groups excluding carboxylic acids is 4. The first-order valence-corrected chi connectivity index (χ1v) is 9.35. The average molecular weight is 398 g/mol. The monoisotopic (exact) mass is 398 g/mol. The summed E-state index contributed by atoms with van der Waals surface area (Å²) in [5, 5.41) is 5.00. The molecule has 0 bridgehead atoms. The summed E-state index contributed by atoms with van der Waals surface area (Å²) in [5.74, 6) is -1.98. The number of anilines is 1. The number of benzene rings is 1. The molecule has 144 valence electrons. The van der Waals surface area contributed by atoms with Crippen LogP contribution in [0.15, 0.2) is 42.3 Å². The highest BCUT2D eigenvalue weighted by Gasteiger charge is 2.43. The molecule has 1 N–H and O–H groups in total. The summed E-state index contributed by atoms with van der Waals surface area (Å²) in [7, 11) is 0. The Morgan fingerprint density at radius 3 is 2.54 bits per heavy atom. The molecule has 3 rings (SSSR count). The Morgan fingerprint density at radius 2 is 1.86 bits per heavy atom. The van der Waals surface area contributed by atoms with Gasteiger partial charge >= 0.3 is 17.8 Å². The Kier molecular flexibility index (Phi) is 5.65. The van der Waals surface area contributed by atoms with Gasteiger partial charge in [0, 0.05) is 17.6 Å². The second-order valence-corrected chi connectivity index (χ2v) is 7.14. The number of aromatic nitrogens is 1. The molecule has 2 heterocycles. The highest BCUT2D eigenvalue weighted by Crippen LogP contribution is 2.18. The van der Waals surface area contributed by atoms with Crippen molar-refractivity contribution < 1.29 is 19.2 Å². The second kappa shape index (κ2) is 8.13. The Hall–Kier alpha value is -3.33. The second-order valence-electron chi connectivity index (χ2n) is 6.20. The van der Waals surface area contributed by atoms with Gasteiger partial charge in [-0.25, -0.2) is 14.7 Å². The number of hydrogen-bond donors (Lipinski definition) is 1. The van der Waals surface area contributed by atoms with Crippen molar-refractivity contribution in [2.75, 3.05) is 11.9 Å². The van der Waals surface area contributed by atoms with Crippen LogP contribution < -0.4 is 5.32 Å². The van der Waals surface area contributed by atoms with Gasteiger partial charge < -0.3 is 5.32 Å². The van der Waals surface area contributed by atoms with Gasteiger partial charge in [-0.1, -0.05) is 23.8 Å². The van der Waals surface area contributed by atoms with E-state index in [1.807, 2.05) is 31.2 Å². The van der Waals surface area contributed by atoms with Crippen molar-refractivity contribution in [3.63, 3.8) is 0 Å². The molecular formula is C19H18N4O4S. The zero-order valence-corrected chi connectivity index (χ0v) is 16.0. The predicted molar refractivity (Wildman–Crippen MR) is 103 cm³/mol. The fraction of sp³-hybridized carbons (Fsp3) is 0.211. The van der Waals surface area contributed by atoms with Crippen molar-refractivity contribution in [1.29, 1.82) is 0 Å². The molecule has 8 nitrogen and oxygen atoms in total. The maximum absolute atomic E-state index is 12.2. The van der Waals surface area contributed by atoms with Crippen molar-refractivity contribution in [2.24, 2.45) is 0 Å². The summed E-state index contributed by atoms with van der Waals surface area (Å²) in [6.45, 7) is 5.28. The number of thiazole rings is 1. The Labute approximate surface area is 165 Å². The van der Waals surface area contributed by atoms with Crippen LogP contribution in [-0.2, 0) is 27.3 Å². The van der Waals surface area contributed by atoms with Crippen LogP contribution in [0.1, 0.15) is 16.3 Å². The van der Waals surface area contributed by atoms with E-state index in [1.54, 1.807) is 5.38 Å². The summed E-state index contributed by atoms with van der Waals surface area (Å²) < 4.78 is 0. The third-order valence-corrected chi connectivity index (χ3v) is 4.91. The van der Waals surface area contributed by atoms with Crippen molar-refractivity contribution in [2.45, 2.75) is 19.9 Å². The number of rotatable bonds is 7. The lowest BCUT2D eigenvalue weighted by Crippen LogP contribution is -2.33. The topological polar surface area (TPSA) is 99.7 Å². The highest BCUT2D eigenvalue weighted by atomic mass is 32.1. The molecule has 1 aromatic heterocycles. The first-order chi connectivity index (χ1) is 13.4. The Bertz CT molecular complexity index is 951. The van der Waals surface area contributed by atoms with E-state index in [0.29, 0.717) is 16.4 Å². The summed E-state index contributed by atoms with van der Waals surface area (Å²) in [4.78, 5) is 54.2. The number of amides is 5.